The van der Waals surface area contributed by atoms with Gasteiger partial charge in [0.05, 0.1) is 19.1 Å². The van der Waals surface area contributed by atoms with Crippen LogP contribution in [0.5, 0.6) is 5.75 Å². The quantitative estimate of drug-likeness (QED) is 0.753. The van der Waals surface area contributed by atoms with E-state index in [-0.39, 0.29) is 17.9 Å². The molecule has 2 atom stereocenters. The van der Waals surface area contributed by atoms with Crippen molar-refractivity contribution in [2.75, 3.05) is 12.0 Å². The second-order valence-electron chi connectivity index (χ2n) is 7.18. The molecule has 0 spiro atoms. The van der Waals surface area contributed by atoms with E-state index in [0.29, 0.717) is 5.92 Å². The lowest BCUT2D eigenvalue weighted by Crippen LogP contribution is -2.63. The minimum Gasteiger partial charge on any atom is -0.497 e. The molecule has 1 saturated heterocycles. The average molecular weight is 335 g/mol. The van der Waals surface area contributed by atoms with Crippen LogP contribution in [0.25, 0.3) is 0 Å². The maximum Gasteiger partial charge on any atom is 0.236 e. The van der Waals surface area contributed by atoms with Gasteiger partial charge in [0.2, 0.25) is 5.91 Å². The van der Waals surface area contributed by atoms with Crippen molar-refractivity contribution in [1.29, 1.82) is 0 Å². The molecule has 1 amide bonds. The van der Waals surface area contributed by atoms with Crippen LogP contribution < -0.4 is 9.64 Å². The zero-order valence-corrected chi connectivity index (χ0v) is 14.7. The molecule has 4 rings (SSSR count). The lowest BCUT2D eigenvalue weighted by molar-refractivity contribution is -0.127. The number of anilines is 1. The first-order valence-electron chi connectivity index (χ1n) is 9.31. The molecular formula is C22H25NO2. The molecule has 0 radical (unpaired) electrons. The number of carbonyl (C=O) groups excluding carboxylic acids is 1. The van der Waals surface area contributed by atoms with Crippen LogP contribution in [-0.4, -0.2) is 19.1 Å². The molecule has 130 valence electrons. The van der Waals surface area contributed by atoms with Gasteiger partial charge < -0.3 is 9.64 Å². The Kier molecular flexibility index (Phi) is 4.48. The summed E-state index contributed by atoms with van der Waals surface area (Å²) in [7, 11) is 1.67. The van der Waals surface area contributed by atoms with Crippen molar-refractivity contribution < 1.29 is 9.53 Å². The van der Waals surface area contributed by atoms with Gasteiger partial charge in [-0.2, -0.15) is 0 Å². The third-order valence-corrected chi connectivity index (χ3v) is 5.79. The van der Waals surface area contributed by atoms with E-state index in [1.54, 1.807) is 7.11 Å². The highest BCUT2D eigenvalue weighted by Crippen LogP contribution is 2.46. The van der Waals surface area contributed by atoms with Gasteiger partial charge in [0.1, 0.15) is 5.75 Å². The first kappa shape index (κ1) is 16.2. The smallest absolute Gasteiger partial charge is 0.236 e. The molecule has 1 heterocycles. The van der Waals surface area contributed by atoms with E-state index < -0.39 is 0 Å². The first-order valence-corrected chi connectivity index (χ1v) is 9.31. The summed E-state index contributed by atoms with van der Waals surface area (Å²) < 4.78 is 5.27. The van der Waals surface area contributed by atoms with Crippen molar-refractivity contribution >= 4 is 11.6 Å². The number of hydrogen-bond donors (Lipinski definition) is 0. The SMILES string of the molecule is COc1ccc([C@@H]2C(=O)N(c3ccccc3)[C@@H]2C2CCCCC2)cc1. The predicted octanol–water partition coefficient (Wildman–Crippen LogP) is 4.77. The number of ether oxygens (including phenoxy) is 1. The lowest BCUT2D eigenvalue weighted by atomic mass is 9.70. The summed E-state index contributed by atoms with van der Waals surface area (Å²) in [5.74, 6) is 1.64. The van der Waals surface area contributed by atoms with Crippen molar-refractivity contribution in [3.63, 3.8) is 0 Å². The molecule has 2 aromatic carbocycles. The Bertz CT molecular complexity index is 719. The number of para-hydroxylation sites is 1. The number of amides is 1. The highest BCUT2D eigenvalue weighted by molar-refractivity contribution is 6.06. The van der Waals surface area contributed by atoms with Gasteiger partial charge in [0, 0.05) is 5.69 Å². The lowest BCUT2D eigenvalue weighted by Gasteiger charge is -2.52. The minimum absolute atomic E-state index is 0.0192. The number of hydrogen-bond acceptors (Lipinski definition) is 2. The van der Waals surface area contributed by atoms with Gasteiger partial charge >= 0.3 is 0 Å². The number of rotatable bonds is 4. The van der Waals surface area contributed by atoms with E-state index in [9.17, 15) is 4.79 Å². The maximum absolute atomic E-state index is 13.1. The summed E-state index contributed by atoms with van der Waals surface area (Å²) in [6.07, 6.45) is 6.36. The standard InChI is InChI=1S/C22H25NO2/c1-25-19-14-12-16(13-15-19)20-21(17-8-4-2-5-9-17)23(22(20)24)18-10-6-3-7-11-18/h3,6-7,10-15,17,20-21H,2,4-5,8-9H2,1H3/t20-,21+/m0/s1. The Morgan fingerprint density at radius 1 is 0.920 bits per heavy atom. The van der Waals surface area contributed by atoms with Crippen molar-refractivity contribution in [2.45, 2.75) is 44.1 Å². The van der Waals surface area contributed by atoms with Crippen molar-refractivity contribution in [1.82, 2.24) is 0 Å². The fourth-order valence-corrected chi connectivity index (χ4v) is 4.51. The molecule has 1 aliphatic heterocycles. The summed E-state index contributed by atoms with van der Waals surface area (Å²) in [6.45, 7) is 0. The number of methoxy groups -OCH3 is 1. The van der Waals surface area contributed by atoms with Gasteiger partial charge in [-0.1, -0.05) is 49.6 Å². The summed E-state index contributed by atoms with van der Waals surface area (Å²) >= 11 is 0. The fourth-order valence-electron chi connectivity index (χ4n) is 4.51. The van der Waals surface area contributed by atoms with E-state index in [0.717, 1.165) is 17.0 Å². The Morgan fingerprint density at radius 2 is 1.60 bits per heavy atom. The number of nitrogens with zero attached hydrogens (tertiary/aromatic N) is 1. The third-order valence-electron chi connectivity index (χ3n) is 5.79. The van der Waals surface area contributed by atoms with E-state index in [1.165, 1.54) is 32.1 Å². The van der Waals surface area contributed by atoms with Crippen LogP contribution in [0, 0.1) is 5.92 Å². The summed E-state index contributed by atoms with van der Waals surface area (Å²) in [4.78, 5) is 15.1. The second kappa shape index (κ2) is 6.91. The van der Waals surface area contributed by atoms with E-state index >= 15 is 0 Å². The van der Waals surface area contributed by atoms with Crippen molar-refractivity contribution in [2.24, 2.45) is 5.92 Å². The Labute approximate surface area is 149 Å². The summed E-state index contributed by atoms with van der Waals surface area (Å²) in [5, 5.41) is 0. The van der Waals surface area contributed by atoms with Gasteiger partial charge in [0.15, 0.2) is 0 Å². The molecule has 0 bridgehead atoms. The normalized spacial score (nSPS) is 24.0. The van der Waals surface area contributed by atoms with Gasteiger partial charge in [-0.3, -0.25) is 4.79 Å². The number of carbonyl (C=O) groups is 1. The molecule has 2 aliphatic rings. The second-order valence-corrected chi connectivity index (χ2v) is 7.18. The summed E-state index contributed by atoms with van der Waals surface area (Å²) in [6, 6.07) is 18.5. The maximum atomic E-state index is 13.1. The monoisotopic (exact) mass is 335 g/mol. The minimum atomic E-state index is -0.0192. The Balaban J connectivity index is 1.66. The zero-order chi connectivity index (χ0) is 17.2. The van der Waals surface area contributed by atoms with Gasteiger partial charge in [-0.25, -0.2) is 0 Å². The largest absolute Gasteiger partial charge is 0.497 e. The van der Waals surface area contributed by atoms with E-state index in [1.807, 2.05) is 35.2 Å². The molecule has 25 heavy (non-hydrogen) atoms. The molecule has 0 aromatic heterocycles. The topological polar surface area (TPSA) is 29.5 Å². The van der Waals surface area contributed by atoms with Crippen LogP contribution in [0.3, 0.4) is 0 Å². The first-order chi connectivity index (χ1) is 12.3. The molecule has 1 aliphatic carbocycles. The summed E-state index contributed by atoms with van der Waals surface area (Å²) in [5.41, 5.74) is 2.15. The molecule has 2 fully saturated rings. The van der Waals surface area contributed by atoms with Crippen molar-refractivity contribution in [3.8, 4) is 5.75 Å². The van der Waals surface area contributed by atoms with Gasteiger partial charge in [-0.05, 0) is 48.6 Å². The molecule has 1 saturated carbocycles. The van der Waals surface area contributed by atoms with Crippen LogP contribution in [-0.2, 0) is 4.79 Å². The number of β-lactam (4-membered cyclic amide) rings is 1. The van der Waals surface area contributed by atoms with E-state index in [4.69, 9.17) is 4.74 Å². The van der Waals surface area contributed by atoms with Gasteiger partial charge in [0.25, 0.3) is 0 Å². The van der Waals surface area contributed by atoms with Crippen LogP contribution >= 0.6 is 0 Å². The molecule has 3 heteroatoms. The molecule has 0 N–H and O–H groups in total. The zero-order valence-electron chi connectivity index (χ0n) is 14.7. The van der Waals surface area contributed by atoms with Crippen LogP contribution in [0.1, 0.15) is 43.6 Å². The van der Waals surface area contributed by atoms with Crippen molar-refractivity contribution in [3.05, 3.63) is 60.2 Å². The Morgan fingerprint density at radius 3 is 2.24 bits per heavy atom. The average Bonchev–Trinajstić information content (AvgIpc) is 2.68. The van der Waals surface area contributed by atoms with Crippen LogP contribution in [0.15, 0.2) is 54.6 Å². The van der Waals surface area contributed by atoms with Gasteiger partial charge in [-0.15, -0.1) is 0 Å². The predicted molar refractivity (Wildman–Crippen MR) is 100 cm³/mol. The molecule has 3 nitrogen and oxygen atoms in total. The highest BCUT2D eigenvalue weighted by Gasteiger charge is 2.52. The molecule has 0 unspecified atom stereocenters. The van der Waals surface area contributed by atoms with Crippen LogP contribution in [0.2, 0.25) is 0 Å². The molecule has 2 aromatic rings. The number of benzene rings is 2. The fraction of sp³-hybridized carbons (Fsp3) is 0.409. The molecular weight excluding hydrogens is 310 g/mol. The highest BCUT2D eigenvalue weighted by atomic mass is 16.5. The third kappa shape index (κ3) is 2.92. The van der Waals surface area contributed by atoms with Crippen LogP contribution in [0.4, 0.5) is 5.69 Å². The Hall–Kier alpha value is -2.29. The van der Waals surface area contributed by atoms with E-state index in [2.05, 4.69) is 24.3 Å².